The Morgan fingerprint density at radius 2 is 2.03 bits per heavy atom. The number of amidine groups is 1. The topological polar surface area (TPSA) is 62.9 Å². The monoisotopic (exact) mass is 444 g/mol. The van der Waals surface area contributed by atoms with E-state index in [0.717, 1.165) is 30.3 Å². The lowest BCUT2D eigenvalue weighted by Crippen LogP contribution is -2.25. The van der Waals surface area contributed by atoms with E-state index in [4.69, 9.17) is 22.7 Å². The van der Waals surface area contributed by atoms with E-state index in [1.807, 2.05) is 24.3 Å². The van der Waals surface area contributed by atoms with Crippen LogP contribution in [0.1, 0.15) is 45.4 Å². The largest absolute Gasteiger partial charge is 0.492 e. The van der Waals surface area contributed by atoms with Gasteiger partial charge in [0.2, 0.25) is 0 Å². The van der Waals surface area contributed by atoms with Gasteiger partial charge in [-0.2, -0.15) is 4.99 Å². The molecule has 0 radical (unpaired) electrons. The van der Waals surface area contributed by atoms with Crippen molar-refractivity contribution in [1.29, 1.82) is 0 Å². The highest BCUT2D eigenvalue weighted by molar-refractivity contribution is 8.13. The smallest absolute Gasteiger partial charge is 0.199 e. The third kappa shape index (κ3) is 5.56. The van der Waals surface area contributed by atoms with E-state index in [0.29, 0.717) is 15.7 Å². The minimum absolute atomic E-state index is 0.395. The van der Waals surface area contributed by atoms with Crippen LogP contribution >= 0.6 is 24.0 Å². The Balaban J connectivity index is 1.20. The summed E-state index contributed by atoms with van der Waals surface area (Å²) in [5.41, 5.74) is 10.7. The van der Waals surface area contributed by atoms with Crippen LogP contribution in [-0.2, 0) is 0 Å². The summed E-state index contributed by atoms with van der Waals surface area (Å²) >= 11 is 6.99. The van der Waals surface area contributed by atoms with E-state index < -0.39 is 0 Å². The van der Waals surface area contributed by atoms with Crippen LogP contribution < -0.4 is 15.8 Å². The van der Waals surface area contributed by atoms with E-state index in [1.54, 1.807) is 22.9 Å². The number of benzene rings is 1. The van der Waals surface area contributed by atoms with E-state index in [9.17, 15) is 0 Å². The number of nitrogens with one attached hydrogen (secondary N) is 1. The first kappa shape index (κ1) is 21.7. The molecule has 2 fully saturated rings. The number of likely N-dealkylation sites (tertiary alicyclic amines) is 1. The molecule has 1 saturated carbocycles. The minimum Gasteiger partial charge on any atom is -0.492 e. The first-order valence-electron chi connectivity index (χ1n) is 11.0. The highest BCUT2D eigenvalue weighted by Gasteiger charge is 2.50. The summed E-state index contributed by atoms with van der Waals surface area (Å²) in [4.78, 5) is 6.81. The molecular formula is C23H32N4OS2. The molecule has 3 N–H and O–H groups in total. The number of nitrogens with zero attached hydrogens (tertiary/aromatic N) is 2. The summed E-state index contributed by atoms with van der Waals surface area (Å²) in [7, 11) is 0. The zero-order chi connectivity index (χ0) is 21.0. The van der Waals surface area contributed by atoms with Crippen molar-refractivity contribution in [3.63, 3.8) is 0 Å². The number of ether oxygens (including phenoxy) is 1. The lowest BCUT2D eigenvalue weighted by molar-refractivity contribution is 0.238. The molecule has 0 bridgehead atoms. The van der Waals surface area contributed by atoms with Crippen LogP contribution in [0.2, 0.25) is 0 Å². The van der Waals surface area contributed by atoms with Crippen molar-refractivity contribution in [1.82, 2.24) is 4.90 Å². The molecule has 1 saturated heterocycles. The van der Waals surface area contributed by atoms with Gasteiger partial charge < -0.3 is 15.8 Å². The minimum atomic E-state index is 0.395. The Labute approximate surface area is 189 Å². The molecule has 0 unspecified atom stereocenters. The number of rotatable bonds is 7. The summed E-state index contributed by atoms with van der Waals surface area (Å²) < 4.78 is 5.85. The summed E-state index contributed by atoms with van der Waals surface area (Å²) in [5.74, 6) is 1.89. The van der Waals surface area contributed by atoms with Crippen molar-refractivity contribution < 1.29 is 4.74 Å². The standard InChI is InChI=1S/C23H32N4OS2/c1-17-5-4-10-23(15-20(17)23)16-30-21(24)26-22(29)25-18-6-8-19(9-7-18)28-14-13-27-11-2-3-12-27/h6-9H,2-5,10-16H2,1H3,(H3,24,25,26,29)/t23-/m1/s1. The Kier molecular flexibility index (Phi) is 7.01. The maximum atomic E-state index is 6.13. The van der Waals surface area contributed by atoms with Gasteiger partial charge in [-0.15, -0.1) is 0 Å². The third-order valence-corrected chi connectivity index (χ3v) is 7.72. The average molecular weight is 445 g/mol. The highest BCUT2D eigenvalue weighted by atomic mass is 32.2. The van der Waals surface area contributed by atoms with Crippen LogP contribution in [0.15, 0.2) is 40.4 Å². The molecule has 30 heavy (non-hydrogen) atoms. The summed E-state index contributed by atoms with van der Waals surface area (Å²) in [5, 5.41) is 4.08. The van der Waals surface area contributed by atoms with Gasteiger partial charge in [0.05, 0.1) is 0 Å². The second-order valence-corrected chi connectivity index (χ2v) is 10.0. The fourth-order valence-electron chi connectivity index (χ4n) is 4.62. The fourth-order valence-corrected chi connectivity index (χ4v) is 5.89. The van der Waals surface area contributed by atoms with Crippen LogP contribution in [0.3, 0.4) is 0 Å². The normalized spacial score (nSPS) is 24.0. The zero-order valence-electron chi connectivity index (χ0n) is 17.8. The molecule has 1 aromatic rings. The number of anilines is 1. The molecule has 0 amide bonds. The van der Waals surface area contributed by atoms with Crippen LogP contribution in [0.4, 0.5) is 5.69 Å². The predicted molar refractivity (Wildman–Crippen MR) is 132 cm³/mol. The SMILES string of the molecule is CC1=C2C[C@@]2(CS/C(N)=N/C(=S)Nc2ccc(OCCN3CCCC3)cc2)CCC1. The van der Waals surface area contributed by atoms with Crippen molar-refractivity contribution in [3.8, 4) is 5.75 Å². The van der Waals surface area contributed by atoms with Crippen molar-refractivity contribution >= 4 is 39.9 Å². The zero-order valence-corrected chi connectivity index (χ0v) is 19.4. The van der Waals surface area contributed by atoms with E-state index in [2.05, 4.69) is 22.1 Å². The maximum absolute atomic E-state index is 6.13. The molecule has 4 rings (SSSR count). The van der Waals surface area contributed by atoms with Gasteiger partial charge in [-0.3, -0.25) is 4.90 Å². The van der Waals surface area contributed by atoms with Gasteiger partial charge in [-0.25, -0.2) is 0 Å². The Morgan fingerprint density at radius 3 is 2.80 bits per heavy atom. The second kappa shape index (κ2) is 9.71. The number of nitrogens with two attached hydrogens (primary N) is 1. The Morgan fingerprint density at radius 1 is 1.27 bits per heavy atom. The van der Waals surface area contributed by atoms with Crippen LogP contribution in [-0.4, -0.2) is 47.2 Å². The molecule has 7 heteroatoms. The number of allylic oxidation sites excluding steroid dienone is 2. The molecule has 162 valence electrons. The van der Waals surface area contributed by atoms with Gasteiger partial charge in [0, 0.05) is 23.4 Å². The number of thiocarbonyl (C=S) groups is 1. The number of hydrogen-bond acceptors (Lipinski definition) is 4. The van der Waals surface area contributed by atoms with Crippen LogP contribution in [0.25, 0.3) is 0 Å². The molecule has 1 atom stereocenters. The molecule has 2 aliphatic carbocycles. The van der Waals surface area contributed by atoms with Gasteiger partial charge in [-0.1, -0.05) is 22.9 Å². The predicted octanol–water partition coefficient (Wildman–Crippen LogP) is 4.80. The lowest BCUT2D eigenvalue weighted by atomic mass is 9.92. The van der Waals surface area contributed by atoms with Gasteiger partial charge in [0.25, 0.3) is 0 Å². The quantitative estimate of drug-likeness (QED) is 0.273. The Hall–Kier alpha value is -1.57. The first-order chi connectivity index (χ1) is 14.5. The molecule has 0 spiro atoms. The summed E-state index contributed by atoms with van der Waals surface area (Å²) in [6.07, 6.45) is 7.71. The first-order valence-corrected chi connectivity index (χ1v) is 12.4. The molecule has 0 aromatic heterocycles. The molecule has 1 heterocycles. The van der Waals surface area contributed by atoms with Crippen molar-refractivity contribution in [2.75, 3.05) is 37.3 Å². The van der Waals surface area contributed by atoms with Crippen molar-refractivity contribution in [2.24, 2.45) is 16.1 Å². The number of aliphatic imine (C=N–C) groups is 1. The highest BCUT2D eigenvalue weighted by Crippen LogP contribution is 2.61. The van der Waals surface area contributed by atoms with Gasteiger partial charge in [0.15, 0.2) is 10.3 Å². The summed E-state index contributed by atoms with van der Waals surface area (Å²) in [6, 6.07) is 7.84. The Bertz CT molecular complexity index is 830. The van der Waals surface area contributed by atoms with Crippen molar-refractivity contribution in [3.05, 3.63) is 35.4 Å². The van der Waals surface area contributed by atoms with E-state index in [-0.39, 0.29) is 0 Å². The second-order valence-electron chi connectivity index (χ2n) is 8.66. The van der Waals surface area contributed by atoms with Gasteiger partial charge >= 0.3 is 0 Å². The summed E-state index contributed by atoms with van der Waals surface area (Å²) in [6.45, 7) is 6.39. The molecular weight excluding hydrogens is 412 g/mol. The molecule has 3 aliphatic rings. The number of hydrogen-bond donors (Lipinski definition) is 2. The average Bonchev–Trinajstić information content (AvgIpc) is 3.25. The number of thioether (sulfide) groups is 1. The maximum Gasteiger partial charge on any atom is 0.199 e. The van der Waals surface area contributed by atoms with Crippen molar-refractivity contribution in [2.45, 2.75) is 45.4 Å². The van der Waals surface area contributed by atoms with Gasteiger partial charge in [0.1, 0.15) is 12.4 Å². The van der Waals surface area contributed by atoms with Crippen LogP contribution in [0.5, 0.6) is 5.75 Å². The number of fused-ring (bicyclic) bond motifs is 1. The van der Waals surface area contributed by atoms with Crippen LogP contribution in [0, 0.1) is 5.41 Å². The molecule has 1 aromatic carbocycles. The van der Waals surface area contributed by atoms with E-state index in [1.165, 1.54) is 51.6 Å². The molecule has 5 nitrogen and oxygen atoms in total. The van der Waals surface area contributed by atoms with E-state index >= 15 is 0 Å². The van der Waals surface area contributed by atoms with Gasteiger partial charge in [-0.05, 0) is 95.0 Å². The molecule has 1 aliphatic heterocycles. The lowest BCUT2D eigenvalue weighted by Gasteiger charge is -2.19. The fraction of sp³-hybridized carbons (Fsp3) is 0.565. The third-order valence-electron chi connectivity index (χ3n) is 6.44.